The van der Waals surface area contributed by atoms with E-state index in [0.717, 1.165) is 4.90 Å². The van der Waals surface area contributed by atoms with Crippen molar-refractivity contribution in [3.63, 3.8) is 0 Å². The molecular formula is C18H13N3O2. The molecule has 3 rings (SSSR count). The van der Waals surface area contributed by atoms with Gasteiger partial charge in [0.25, 0.3) is 5.91 Å². The maximum Gasteiger partial charge on any atom is 0.266 e. The largest absolute Gasteiger partial charge is 0.283 e. The van der Waals surface area contributed by atoms with Crippen LogP contribution in [0, 0.1) is 12.3 Å². The third-order valence-corrected chi connectivity index (χ3v) is 3.53. The molecule has 1 aliphatic rings. The molecule has 2 amide bonds. The summed E-state index contributed by atoms with van der Waals surface area (Å²) in [6.07, 6.45) is 8.23. The fraction of sp³-hybridized carbons (Fsp3) is 0.111. The Balaban J connectivity index is 2.10. The molecule has 1 aliphatic heterocycles. The lowest BCUT2D eigenvalue weighted by Crippen LogP contribution is -2.45. The van der Waals surface area contributed by atoms with Crippen LogP contribution in [0.2, 0.25) is 0 Å². The molecule has 112 valence electrons. The molecule has 1 unspecified atom stereocenters. The standard InChI is InChI=1S/C18H13N3O2/c1-2-10-19-12-15-13-7-3-4-8-14(13)17(22)21(18(15)23)16-9-5-6-11-20-16/h1,3-9,11-12,15H,10H2. The second-order valence-corrected chi connectivity index (χ2v) is 4.93. The van der Waals surface area contributed by atoms with E-state index in [2.05, 4.69) is 15.9 Å². The number of aromatic nitrogens is 1. The summed E-state index contributed by atoms with van der Waals surface area (Å²) >= 11 is 0. The second-order valence-electron chi connectivity index (χ2n) is 4.93. The normalized spacial score (nSPS) is 17.2. The fourth-order valence-corrected chi connectivity index (χ4v) is 2.51. The van der Waals surface area contributed by atoms with Gasteiger partial charge in [0, 0.05) is 18.0 Å². The van der Waals surface area contributed by atoms with Crippen molar-refractivity contribution in [2.75, 3.05) is 11.4 Å². The molecule has 0 aliphatic carbocycles. The lowest BCUT2D eigenvalue weighted by atomic mass is 9.89. The highest BCUT2D eigenvalue weighted by atomic mass is 16.2. The number of nitrogens with zero attached hydrogens (tertiary/aromatic N) is 3. The van der Waals surface area contributed by atoms with Crippen LogP contribution < -0.4 is 4.90 Å². The van der Waals surface area contributed by atoms with Gasteiger partial charge in [-0.1, -0.05) is 30.2 Å². The molecule has 0 saturated heterocycles. The Labute approximate surface area is 133 Å². The van der Waals surface area contributed by atoms with E-state index in [1.807, 2.05) is 0 Å². The summed E-state index contributed by atoms with van der Waals surface area (Å²) in [5.41, 5.74) is 1.10. The number of benzene rings is 1. The van der Waals surface area contributed by atoms with E-state index in [4.69, 9.17) is 6.42 Å². The highest BCUT2D eigenvalue weighted by Crippen LogP contribution is 2.30. The maximum absolute atomic E-state index is 12.8. The molecular weight excluding hydrogens is 290 g/mol. The number of fused-ring (bicyclic) bond motifs is 1. The molecule has 5 heteroatoms. The first-order valence-corrected chi connectivity index (χ1v) is 7.05. The number of terminal acetylenes is 1. The van der Waals surface area contributed by atoms with E-state index in [0.29, 0.717) is 16.9 Å². The molecule has 1 atom stereocenters. The van der Waals surface area contributed by atoms with Gasteiger partial charge in [0.2, 0.25) is 5.91 Å². The molecule has 0 saturated carbocycles. The summed E-state index contributed by atoms with van der Waals surface area (Å²) < 4.78 is 0. The number of aliphatic imine (C=N–C) groups is 1. The van der Waals surface area contributed by atoms with Gasteiger partial charge in [-0.25, -0.2) is 9.88 Å². The molecule has 23 heavy (non-hydrogen) atoms. The summed E-state index contributed by atoms with van der Waals surface area (Å²) in [5, 5.41) is 0. The lowest BCUT2D eigenvalue weighted by molar-refractivity contribution is -0.118. The van der Waals surface area contributed by atoms with Gasteiger partial charge < -0.3 is 0 Å². The van der Waals surface area contributed by atoms with E-state index in [-0.39, 0.29) is 18.4 Å². The van der Waals surface area contributed by atoms with Crippen molar-refractivity contribution in [3.8, 4) is 12.3 Å². The van der Waals surface area contributed by atoms with Crippen LogP contribution in [0.5, 0.6) is 0 Å². The first kappa shape index (κ1) is 14.7. The summed E-state index contributed by atoms with van der Waals surface area (Å²) in [4.78, 5) is 34.8. The second kappa shape index (κ2) is 6.24. The minimum Gasteiger partial charge on any atom is -0.283 e. The van der Waals surface area contributed by atoms with Crippen LogP contribution >= 0.6 is 0 Å². The molecule has 0 spiro atoms. The van der Waals surface area contributed by atoms with Crippen LogP contribution in [0.3, 0.4) is 0 Å². The average Bonchev–Trinajstić information content (AvgIpc) is 2.59. The fourth-order valence-electron chi connectivity index (χ4n) is 2.51. The van der Waals surface area contributed by atoms with Gasteiger partial charge in [-0.2, -0.15) is 0 Å². The van der Waals surface area contributed by atoms with Gasteiger partial charge in [-0.3, -0.25) is 14.6 Å². The summed E-state index contributed by atoms with van der Waals surface area (Å²) in [6, 6.07) is 12.1. The lowest BCUT2D eigenvalue weighted by Gasteiger charge is -2.30. The van der Waals surface area contributed by atoms with Crippen LogP contribution in [0.25, 0.3) is 0 Å². The minimum absolute atomic E-state index is 0.184. The maximum atomic E-state index is 12.8. The Morgan fingerprint density at radius 2 is 2.00 bits per heavy atom. The molecule has 0 fully saturated rings. The Morgan fingerprint density at radius 1 is 1.22 bits per heavy atom. The van der Waals surface area contributed by atoms with Crippen molar-refractivity contribution in [2.45, 2.75) is 5.92 Å². The van der Waals surface area contributed by atoms with Crippen molar-refractivity contribution in [1.82, 2.24) is 4.98 Å². The average molecular weight is 303 g/mol. The number of carbonyl (C=O) groups excluding carboxylic acids is 2. The van der Waals surface area contributed by atoms with Gasteiger partial charge in [-0.05, 0) is 23.8 Å². The summed E-state index contributed by atoms with van der Waals surface area (Å²) in [7, 11) is 0. The van der Waals surface area contributed by atoms with Crippen molar-refractivity contribution < 1.29 is 9.59 Å². The van der Waals surface area contributed by atoms with Crippen molar-refractivity contribution in [2.24, 2.45) is 4.99 Å². The zero-order valence-electron chi connectivity index (χ0n) is 12.2. The number of imide groups is 1. The van der Waals surface area contributed by atoms with E-state index < -0.39 is 5.92 Å². The van der Waals surface area contributed by atoms with Crippen molar-refractivity contribution in [3.05, 3.63) is 59.8 Å². The Morgan fingerprint density at radius 3 is 2.74 bits per heavy atom. The number of pyridine rings is 1. The highest BCUT2D eigenvalue weighted by Gasteiger charge is 2.39. The topological polar surface area (TPSA) is 62.6 Å². The molecule has 0 N–H and O–H groups in total. The molecule has 1 aromatic heterocycles. The van der Waals surface area contributed by atoms with E-state index in [1.54, 1.807) is 42.5 Å². The van der Waals surface area contributed by atoms with Crippen LogP contribution in [-0.4, -0.2) is 29.6 Å². The third-order valence-electron chi connectivity index (χ3n) is 3.53. The third kappa shape index (κ3) is 2.62. The van der Waals surface area contributed by atoms with Crippen molar-refractivity contribution in [1.29, 1.82) is 0 Å². The van der Waals surface area contributed by atoms with Crippen LogP contribution in [-0.2, 0) is 4.79 Å². The van der Waals surface area contributed by atoms with E-state index in [9.17, 15) is 9.59 Å². The smallest absolute Gasteiger partial charge is 0.266 e. The monoisotopic (exact) mass is 303 g/mol. The Hall–Kier alpha value is -3.26. The zero-order valence-corrected chi connectivity index (χ0v) is 12.2. The molecule has 0 radical (unpaired) electrons. The van der Waals surface area contributed by atoms with Crippen LogP contribution in [0.15, 0.2) is 53.7 Å². The SMILES string of the molecule is C#CCN=CC1C(=O)N(c2ccccn2)C(=O)c2ccccc21. The number of hydrogen-bond acceptors (Lipinski definition) is 4. The molecule has 5 nitrogen and oxygen atoms in total. The van der Waals surface area contributed by atoms with Gasteiger partial charge in [0.1, 0.15) is 5.82 Å². The van der Waals surface area contributed by atoms with Crippen LogP contribution in [0.4, 0.5) is 5.82 Å². The number of carbonyl (C=O) groups is 2. The molecule has 2 heterocycles. The van der Waals surface area contributed by atoms with Gasteiger partial charge in [-0.15, -0.1) is 6.42 Å². The van der Waals surface area contributed by atoms with Gasteiger partial charge >= 0.3 is 0 Å². The van der Waals surface area contributed by atoms with E-state index >= 15 is 0 Å². The Bertz CT molecular complexity index is 822. The molecule has 2 aromatic rings. The Kier molecular flexibility index (Phi) is 3.98. The minimum atomic E-state index is -0.653. The first-order valence-electron chi connectivity index (χ1n) is 7.05. The van der Waals surface area contributed by atoms with Crippen LogP contribution in [0.1, 0.15) is 21.8 Å². The van der Waals surface area contributed by atoms with Gasteiger partial charge in [0.15, 0.2) is 0 Å². The number of amides is 2. The van der Waals surface area contributed by atoms with Crippen molar-refractivity contribution >= 4 is 23.8 Å². The van der Waals surface area contributed by atoms with E-state index in [1.165, 1.54) is 12.4 Å². The molecule has 1 aromatic carbocycles. The van der Waals surface area contributed by atoms with Gasteiger partial charge in [0.05, 0.1) is 12.5 Å². The summed E-state index contributed by atoms with van der Waals surface area (Å²) in [6.45, 7) is 0.184. The highest BCUT2D eigenvalue weighted by molar-refractivity contribution is 6.28. The predicted octanol–water partition coefficient (Wildman–Crippen LogP) is 2.06. The number of rotatable bonds is 3. The summed E-state index contributed by atoms with van der Waals surface area (Å²) in [5.74, 6) is 1.28. The quantitative estimate of drug-likeness (QED) is 0.495. The zero-order chi connectivity index (χ0) is 16.2. The first-order chi connectivity index (χ1) is 11.2. The number of hydrogen-bond donors (Lipinski definition) is 0. The number of anilines is 1. The molecule has 0 bridgehead atoms. The predicted molar refractivity (Wildman–Crippen MR) is 87.4 cm³/mol.